The first kappa shape index (κ1) is 23.7. The van der Waals surface area contributed by atoms with Gasteiger partial charge in [-0.15, -0.1) is 0 Å². The molecule has 186 valence electrons. The van der Waals surface area contributed by atoms with Crippen LogP contribution in [0, 0.1) is 6.92 Å². The van der Waals surface area contributed by atoms with Crippen molar-refractivity contribution in [2.24, 2.45) is 17.8 Å². The molecule has 36 heavy (non-hydrogen) atoms. The van der Waals surface area contributed by atoms with Crippen LogP contribution in [0.15, 0.2) is 53.7 Å². The summed E-state index contributed by atoms with van der Waals surface area (Å²) in [4.78, 5) is 16.2. The fourth-order valence-corrected chi connectivity index (χ4v) is 4.15. The molecule has 0 saturated carbocycles. The summed E-state index contributed by atoms with van der Waals surface area (Å²) in [5.74, 6) is 1.26. The number of fused-ring (bicyclic) bond motifs is 1. The largest absolute Gasteiger partial charge is 0.416 e. The Morgan fingerprint density at radius 1 is 1.08 bits per heavy atom. The minimum absolute atomic E-state index is 0.0199. The molecule has 0 aliphatic carbocycles. The van der Waals surface area contributed by atoms with Gasteiger partial charge in [-0.3, -0.25) is 4.68 Å². The van der Waals surface area contributed by atoms with Crippen molar-refractivity contribution in [2.45, 2.75) is 13.1 Å². The van der Waals surface area contributed by atoms with E-state index in [-0.39, 0.29) is 11.4 Å². The van der Waals surface area contributed by atoms with E-state index in [1.807, 2.05) is 20.0 Å². The molecule has 3 heterocycles. The minimum Gasteiger partial charge on any atom is -0.383 e. The number of nitrogens with two attached hydrogens (primary N) is 1. The van der Waals surface area contributed by atoms with Gasteiger partial charge in [0, 0.05) is 31.3 Å². The first-order valence-electron chi connectivity index (χ1n) is 11.4. The van der Waals surface area contributed by atoms with E-state index < -0.39 is 11.7 Å². The molecule has 8 nitrogen and oxygen atoms in total. The molecule has 2 aromatic carbocycles. The molecular formula is C25H24F3N7O. The quantitative estimate of drug-likeness (QED) is 0.336. The number of aliphatic imine (C=N–C) groups is 1. The zero-order chi connectivity index (χ0) is 25.4. The van der Waals surface area contributed by atoms with Gasteiger partial charge < -0.3 is 15.4 Å². The van der Waals surface area contributed by atoms with E-state index >= 15 is 0 Å². The summed E-state index contributed by atoms with van der Waals surface area (Å²) in [6, 6.07) is 10.2. The second kappa shape index (κ2) is 9.23. The molecule has 0 amide bonds. The maximum atomic E-state index is 13.1. The molecule has 2 N–H and O–H groups in total. The monoisotopic (exact) mass is 495 g/mol. The molecule has 11 heteroatoms. The van der Waals surface area contributed by atoms with Crippen LogP contribution in [0.3, 0.4) is 0 Å². The van der Waals surface area contributed by atoms with Gasteiger partial charge in [-0.1, -0.05) is 18.2 Å². The number of rotatable bonds is 4. The Balaban J connectivity index is 1.56. The van der Waals surface area contributed by atoms with Crippen LogP contribution in [0.25, 0.3) is 22.4 Å². The highest BCUT2D eigenvalue weighted by Crippen LogP contribution is 2.32. The first-order chi connectivity index (χ1) is 17.2. The topological polar surface area (TPSA) is 94.5 Å². The molecule has 0 radical (unpaired) electrons. The molecule has 0 atom stereocenters. The van der Waals surface area contributed by atoms with Crippen molar-refractivity contribution >= 4 is 28.4 Å². The molecule has 0 unspecified atom stereocenters. The number of aromatic nitrogens is 4. The van der Waals surface area contributed by atoms with E-state index in [1.165, 1.54) is 12.1 Å². The maximum Gasteiger partial charge on any atom is 0.416 e. The number of alkyl halides is 3. The summed E-state index contributed by atoms with van der Waals surface area (Å²) in [5.41, 5.74) is 9.18. The van der Waals surface area contributed by atoms with Crippen molar-refractivity contribution in [3.8, 4) is 11.4 Å². The SMILES string of the molecule is Cc1ccc(N=C(N)c2cccc(C(F)(F)F)c2)cc1-c1nc(N2CCOCC2)c2c(cnn2C)n1. The molecule has 1 saturated heterocycles. The second-order valence-corrected chi connectivity index (χ2v) is 8.55. The molecule has 4 aromatic rings. The van der Waals surface area contributed by atoms with Gasteiger partial charge in [-0.25, -0.2) is 15.0 Å². The van der Waals surface area contributed by atoms with Gasteiger partial charge in [0.15, 0.2) is 11.6 Å². The number of halogens is 3. The summed E-state index contributed by atoms with van der Waals surface area (Å²) in [7, 11) is 1.85. The van der Waals surface area contributed by atoms with Crippen molar-refractivity contribution < 1.29 is 17.9 Å². The van der Waals surface area contributed by atoms with Crippen molar-refractivity contribution in [3.05, 3.63) is 65.4 Å². The fraction of sp³-hybridized carbons (Fsp3) is 0.280. The molecule has 1 fully saturated rings. The van der Waals surface area contributed by atoms with Gasteiger partial charge in [0.2, 0.25) is 0 Å². The number of hydrogen-bond donors (Lipinski definition) is 1. The highest BCUT2D eigenvalue weighted by molar-refractivity contribution is 5.99. The Bertz CT molecular complexity index is 1460. The van der Waals surface area contributed by atoms with Crippen molar-refractivity contribution in [3.63, 3.8) is 0 Å². The Hall–Kier alpha value is -3.99. The third-order valence-electron chi connectivity index (χ3n) is 6.08. The van der Waals surface area contributed by atoms with Crippen LogP contribution in [0.2, 0.25) is 0 Å². The Labute approximate surface area is 205 Å². The lowest BCUT2D eigenvalue weighted by atomic mass is 10.1. The predicted octanol–water partition coefficient (Wildman–Crippen LogP) is 4.23. The van der Waals surface area contributed by atoms with Crippen molar-refractivity contribution in [2.75, 3.05) is 31.2 Å². The van der Waals surface area contributed by atoms with Crippen LogP contribution in [-0.4, -0.2) is 51.9 Å². The van der Waals surface area contributed by atoms with Crippen molar-refractivity contribution in [1.82, 2.24) is 19.7 Å². The van der Waals surface area contributed by atoms with E-state index in [0.717, 1.165) is 34.6 Å². The van der Waals surface area contributed by atoms with Gasteiger partial charge in [0.05, 0.1) is 30.7 Å². The molecule has 5 rings (SSSR count). The lowest BCUT2D eigenvalue weighted by Gasteiger charge is -2.28. The Morgan fingerprint density at radius 3 is 2.61 bits per heavy atom. The van der Waals surface area contributed by atoms with Gasteiger partial charge in [-0.2, -0.15) is 18.3 Å². The lowest BCUT2D eigenvalue weighted by molar-refractivity contribution is -0.137. The van der Waals surface area contributed by atoms with Crippen LogP contribution in [0.1, 0.15) is 16.7 Å². The summed E-state index contributed by atoms with van der Waals surface area (Å²) in [6.45, 7) is 4.55. The maximum absolute atomic E-state index is 13.1. The first-order valence-corrected chi connectivity index (χ1v) is 11.4. The average molecular weight is 496 g/mol. The normalized spacial score (nSPS) is 15.0. The molecular weight excluding hydrogens is 471 g/mol. The number of amidine groups is 1. The number of anilines is 1. The van der Waals surface area contributed by atoms with Crippen LogP contribution in [-0.2, 0) is 18.0 Å². The number of nitrogens with zero attached hydrogens (tertiary/aromatic N) is 6. The van der Waals surface area contributed by atoms with Gasteiger partial charge in [0.25, 0.3) is 0 Å². The van der Waals surface area contributed by atoms with E-state index in [0.29, 0.717) is 43.3 Å². The van der Waals surface area contributed by atoms with E-state index in [9.17, 15) is 13.2 Å². The highest BCUT2D eigenvalue weighted by Gasteiger charge is 2.30. The van der Waals surface area contributed by atoms with Gasteiger partial charge >= 0.3 is 6.18 Å². The Morgan fingerprint density at radius 2 is 1.86 bits per heavy atom. The molecule has 0 bridgehead atoms. The second-order valence-electron chi connectivity index (χ2n) is 8.55. The summed E-state index contributed by atoms with van der Waals surface area (Å²) in [6.07, 6.45) is -2.76. The van der Waals surface area contributed by atoms with Crippen LogP contribution < -0.4 is 10.6 Å². The number of ether oxygens (including phenoxy) is 1. The standard InChI is InChI=1S/C25H24F3N7O/c1-15-6-7-18(31-22(29)16-4-3-5-17(12-16)25(26,27)28)13-19(15)23-32-20-14-30-34(2)21(20)24(33-23)35-8-10-36-11-9-35/h3-7,12-14H,8-11H2,1-2H3,(H2,29,31). The Kier molecular flexibility index (Phi) is 6.09. The number of morpholine rings is 1. The molecule has 2 aromatic heterocycles. The number of hydrogen-bond acceptors (Lipinski definition) is 6. The molecule has 1 aliphatic rings. The van der Waals surface area contributed by atoms with E-state index in [1.54, 1.807) is 23.0 Å². The van der Waals surface area contributed by atoms with Crippen molar-refractivity contribution in [1.29, 1.82) is 0 Å². The summed E-state index contributed by atoms with van der Waals surface area (Å²) in [5, 5.41) is 4.36. The molecule has 0 spiro atoms. The summed E-state index contributed by atoms with van der Waals surface area (Å²) < 4.78 is 46.6. The summed E-state index contributed by atoms with van der Waals surface area (Å²) >= 11 is 0. The average Bonchev–Trinajstić information content (AvgIpc) is 3.25. The minimum atomic E-state index is -4.46. The zero-order valence-corrected chi connectivity index (χ0v) is 19.8. The van der Waals surface area contributed by atoms with Crippen LogP contribution in [0.5, 0.6) is 0 Å². The van der Waals surface area contributed by atoms with Gasteiger partial charge in [0.1, 0.15) is 16.9 Å². The van der Waals surface area contributed by atoms with Crippen LogP contribution in [0.4, 0.5) is 24.7 Å². The smallest absolute Gasteiger partial charge is 0.383 e. The predicted molar refractivity (Wildman–Crippen MR) is 131 cm³/mol. The number of benzene rings is 2. The lowest BCUT2D eigenvalue weighted by Crippen LogP contribution is -2.37. The highest BCUT2D eigenvalue weighted by atomic mass is 19.4. The van der Waals surface area contributed by atoms with Gasteiger partial charge in [-0.05, 0) is 36.8 Å². The van der Waals surface area contributed by atoms with E-state index in [2.05, 4.69) is 15.0 Å². The fourth-order valence-electron chi connectivity index (χ4n) is 4.15. The number of aryl methyl sites for hydroxylation is 2. The third kappa shape index (κ3) is 4.61. The zero-order valence-electron chi connectivity index (χ0n) is 19.8. The van der Waals surface area contributed by atoms with Crippen LogP contribution >= 0.6 is 0 Å². The molecule has 1 aliphatic heterocycles. The van der Waals surface area contributed by atoms with E-state index in [4.69, 9.17) is 20.4 Å². The third-order valence-corrected chi connectivity index (χ3v) is 6.08.